The summed E-state index contributed by atoms with van der Waals surface area (Å²) in [7, 11) is 0. The number of carbonyl (C=O) groups is 1. The molecule has 20 heavy (non-hydrogen) atoms. The first-order valence-corrected chi connectivity index (χ1v) is 6.78. The van der Waals surface area contributed by atoms with Gasteiger partial charge in [-0.3, -0.25) is 4.79 Å². The van der Waals surface area contributed by atoms with E-state index in [0.29, 0.717) is 6.54 Å². The fourth-order valence-corrected chi connectivity index (χ4v) is 2.29. The summed E-state index contributed by atoms with van der Waals surface area (Å²) in [4.78, 5) is 14.4. The van der Waals surface area contributed by atoms with E-state index in [-0.39, 0.29) is 17.7 Å². The molecular weight excluding hydrogens is 254 g/mol. The molecule has 0 aliphatic rings. The summed E-state index contributed by atoms with van der Waals surface area (Å²) in [5.41, 5.74) is 7.56. The van der Waals surface area contributed by atoms with Crippen LogP contribution in [0.4, 0.5) is 5.69 Å². The standard InChI is InChI=1S/C15H23N3O2/c1-5-18(12-9-7-6-8-11(12)4)15(19)13(10(2)3)14(16)17-20/h6-10,13,20H,5H2,1-4H3,(H2,16,17). The second-order valence-corrected chi connectivity index (χ2v) is 5.12. The second kappa shape index (κ2) is 6.93. The zero-order valence-electron chi connectivity index (χ0n) is 12.5. The number of hydrogen-bond acceptors (Lipinski definition) is 3. The summed E-state index contributed by atoms with van der Waals surface area (Å²) in [6.07, 6.45) is 0. The molecule has 0 spiro atoms. The van der Waals surface area contributed by atoms with Gasteiger partial charge in [0.2, 0.25) is 5.91 Å². The average Bonchev–Trinajstić information content (AvgIpc) is 2.41. The Bertz CT molecular complexity index is 498. The Hall–Kier alpha value is -2.04. The third kappa shape index (κ3) is 3.29. The molecule has 3 N–H and O–H groups in total. The Balaban J connectivity index is 3.17. The van der Waals surface area contributed by atoms with Crippen molar-refractivity contribution in [3.05, 3.63) is 29.8 Å². The van der Waals surface area contributed by atoms with E-state index in [1.807, 2.05) is 52.0 Å². The van der Waals surface area contributed by atoms with E-state index in [1.165, 1.54) is 0 Å². The van der Waals surface area contributed by atoms with E-state index < -0.39 is 5.92 Å². The van der Waals surface area contributed by atoms with Crippen LogP contribution in [0.2, 0.25) is 0 Å². The highest BCUT2D eigenvalue weighted by Crippen LogP contribution is 2.23. The Morgan fingerprint density at radius 2 is 2.00 bits per heavy atom. The predicted octanol–water partition coefficient (Wildman–Crippen LogP) is 2.37. The van der Waals surface area contributed by atoms with Crippen molar-refractivity contribution in [2.24, 2.45) is 22.7 Å². The fraction of sp³-hybridized carbons (Fsp3) is 0.467. The maximum atomic E-state index is 12.7. The van der Waals surface area contributed by atoms with Crippen LogP contribution >= 0.6 is 0 Å². The number of oxime groups is 1. The summed E-state index contributed by atoms with van der Waals surface area (Å²) >= 11 is 0. The van der Waals surface area contributed by atoms with Crippen LogP contribution in [-0.2, 0) is 4.79 Å². The number of carbonyl (C=O) groups excluding carboxylic acids is 1. The van der Waals surface area contributed by atoms with Crippen LogP contribution in [0.25, 0.3) is 0 Å². The van der Waals surface area contributed by atoms with Gasteiger partial charge in [-0.2, -0.15) is 0 Å². The SMILES string of the molecule is CCN(C(=O)C(C(N)=NO)C(C)C)c1ccccc1C. The lowest BCUT2D eigenvalue weighted by Crippen LogP contribution is -2.44. The normalized spacial score (nSPS) is 13.3. The molecule has 1 aromatic carbocycles. The lowest BCUT2D eigenvalue weighted by atomic mass is 9.92. The van der Waals surface area contributed by atoms with Crippen molar-refractivity contribution in [1.29, 1.82) is 0 Å². The van der Waals surface area contributed by atoms with Gasteiger partial charge >= 0.3 is 0 Å². The van der Waals surface area contributed by atoms with Gasteiger partial charge in [0.1, 0.15) is 5.92 Å². The molecular formula is C15H23N3O2. The number of amidine groups is 1. The fourth-order valence-electron chi connectivity index (χ4n) is 2.29. The molecule has 0 aliphatic carbocycles. The van der Waals surface area contributed by atoms with Gasteiger partial charge in [0, 0.05) is 12.2 Å². The predicted molar refractivity (Wildman–Crippen MR) is 80.9 cm³/mol. The lowest BCUT2D eigenvalue weighted by molar-refractivity contribution is -0.121. The van der Waals surface area contributed by atoms with Crippen LogP contribution in [0, 0.1) is 18.8 Å². The molecule has 0 bridgehead atoms. The van der Waals surface area contributed by atoms with E-state index in [9.17, 15) is 4.79 Å². The van der Waals surface area contributed by atoms with Crippen LogP contribution < -0.4 is 10.6 Å². The van der Waals surface area contributed by atoms with E-state index in [4.69, 9.17) is 10.9 Å². The third-order valence-electron chi connectivity index (χ3n) is 3.36. The van der Waals surface area contributed by atoms with Crippen molar-refractivity contribution in [2.75, 3.05) is 11.4 Å². The minimum Gasteiger partial charge on any atom is -0.409 e. The molecule has 0 aliphatic heterocycles. The van der Waals surface area contributed by atoms with Crippen molar-refractivity contribution in [3.63, 3.8) is 0 Å². The molecule has 0 radical (unpaired) electrons. The maximum Gasteiger partial charge on any atom is 0.238 e. The van der Waals surface area contributed by atoms with Crippen molar-refractivity contribution in [2.45, 2.75) is 27.7 Å². The van der Waals surface area contributed by atoms with Crippen LogP contribution in [0.5, 0.6) is 0 Å². The van der Waals surface area contributed by atoms with Crippen molar-refractivity contribution in [1.82, 2.24) is 0 Å². The largest absolute Gasteiger partial charge is 0.409 e. The van der Waals surface area contributed by atoms with Crippen molar-refractivity contribution in [3.8, 4) is 0 Å². The zero-order valence-corrected chi connectivity index (χ0v) is 12.5. The van der Waals surface area contributed by atoms with Gasteiger partial charge in [0.25, 0.3) is 0 Å². The van der Waals surface area contributed by atoms with Crippen LogP contribution in [0.1, 0.15) is 26.3 Å². The highest BCUT2D eigenvalue weighted by atomic mass is 16.4. The smallest absolute Gasteiger partial charge is 0.238 e. The van der Waals surface area contributed by atoms with Crippen molar-refractivity contribution < 1.29 is 10.0 Å². The number of rotatable bonds is 5. The summed E-state index contributed by atoms with van der Waals surface area (Å²) in [5, 5.41) is 11.9. The van der Waals surface area contributed by atoms with Crippen LogP contribution in [-0.4, -0.2) is 23.5 Å². The van der Waals surface area contributed by atoms with E-state index in [1.54, 1.807) is 4.90 Å². The Kier molecular flexibility index (Phi) is 5.55. The summed E-state index contributed by atoms with van der Waals surface area (Å²) in [6, 6.07) is 7.69. The van der Waals surface area contributed by atoms with Gasteiger partial charge in [-0.25, -0.2) is 0 Å². The van der Waals surface area contributed by atoms with Gasteiger partial charge in [-0.15, -0.1) is 0 Å². The van der Waals surface area contributed by atoms with Gasteiger partial charge in [0.15, 0.2) is 5.84 Å². The molecule has 110 valence electrons. The topological polar surface area (TPSA) is 78.9 Å². The first-order chi connectivity index (χ1) is 9.43. The number of anilines is 1. The Labute approximate surface area is 120 Å². The average molecular weight is 277 g/mol. The Morgan fingerprint density at radius 1 is 1.40 bits per heavy atom. The maximum absolute atomic E-state index is 12.7. The number of aryl methyl sites for hydroxylation is 1. The minimum absolute atomic E-state index is 0.0444. The lowest BCUT2D eigenvalue weighted by Gasteiger charge is -2.28. The molecule has 0 heterocycles. The minimum atomic E-state index is -0.625. The highest BCUT2D eigenvalue weighted by Gasteiger charge is 2.31. The molecule has 1 rings (SSSR count). The monoisotopic (exact) mass is 277 g/mol. The van der Waals surface area contributed by atoms with E-state index in [0.717, 1.165) is 11.3 Å². The second-order valence-electron chi connectivity index (χ2n) is 5.12. The molecule has 1 atom stereocenters. The van der Waals surface area contributed by atoms with Gasteiger partial charge in [-0.1, -0.05) is 37.2 Å². The van der Waals surface area contributed by atoms with E-state index >= 15 is 0 Å². The van der Waals surface area contributed by atoms with Crippen LogP contribution in [0.15, 0.2) is 29.4 Å². The summed E-state index contributed by atoms with van der Waals surface area (Å²) in [6.45, 7) is 8.16. The number of hydrogen-bond donors (Lipinski definition) is 2. The van der Waals surface area contributed by atoms with Crippen molar-refractivity contribution >= 4 is 17.4 Å². The molecule has 5 nitrogen and oxygen atoms in total. The third-order valence-corrected chi connectivity index (χ3v) is 3.36. The number of para-hydroxylation sites is 1. The molecule has 1 amide bonds. The first kappa shape index (κ1) is 16.0. The van der Waals surface area contributed by atoms with Gasteiger partial charge < -0.3 is 15.8 Å². The molecule has 0 aromatic heterocycles. The quantitative estimate of drug-likeness (QED) is 0.375. The molecule has 5 heteroatoms. The van der Waals surface area contributed by atoms with Gasteiger partial charge in [0.05, 0.1) is 0 Å². The van der Waals surface area contributed by atoms with Gasteiger partial charge in [-0.05, 0) is 31.4 Å². The zero-order chi connectivity index (χ0) is 15.3. The number of nitrogens with zero attached hydrogens (tertiary/aromatic N) is 2. The highest BCUT2D eigenvalue weighted by molar-refractivity contribution is 6.09. The molecule has 1 unspecified atom stereocenters. The van der Waals surface area contributed by atoms with Crippen LogP contribution in [0.3, 0.4) is 0 Å². The number of benzene rings is 1. The molecule has 0 saturated carbocycles. The van der Waals surface area contributed by atoms with E-state index in [2.05, 4.69) is 5.16 Å². The summed E-state index contributed by atoms with van der Waals surface area (Å²) in [5.74, 6) is -0.861. The first-order valence-electron chi connectivity index (χ1n) is 6.78. The molecule has 0 fully saturated rings. The summed E-state index contributed by atoms with van der Waals surface area (Å²) < 4.78 is 0. The number of amides is 1. The Morgan fingerprint density at radius 3 is 2.45 bits per heavy atom. The molecule has 1 aromatic rings. The molecule has 0 saturated heterocycles. The number of nitrogens with two attached hydrogens (primary N) is 1.